The second-order valence-electron chi connectivity index (χ2n) is 3.09. The number of carboxylic acid groups (broad SMARTS) is 1. The third-order valence-corrected chi connectivity index (χ3v) is 1.91. The van der Waals surface area contributed by atoms with Gasteiger partial charge in [0.1, 0.15) is 0 Å². The first-order chi connectivity index (χ1) is 5.18. The number of rotatable bonds is 6. The van der Waals surface area contributed by atoms with Gasteiger partial charge in [0.05, 0.1) is 5.92 Å². The predicted octanol–water partition coefficient (Wildman–Crippen LogP) is 2.68. The van der Waals surface area contributed by atoms with E-state index in [0.717, 1.165) is 12.8 Å². The zero-order valence-corrected chi connectivity index (χ0v) is 8.71. The molecule has 0 aliphatic heterocycles. The van der Waals surface area contributed by atoms with Crippen LogP contribution in [-0.4, -0.2) is 11.1 Å². The van der Waals surface area contributed by atoms with E-state index in [1.54, 1.807) is 6.92 Å². The summed E-state index contributed by atoms with van der Waals surface area (Å²) in [6.45, 7) is 3.93. The Morgan fingerprint density at radius 3 is 2.33 bits per heavy atom. The van der Waals surface area contributed by atoms with Gasteiger partial charge >= 0.3 is 5.97 Å². The molecule has 0 saturated carbocycles. The Kier molecular flexibility index (Phi) is 11.0. The van der Waals surface area contributed by atoms with E-state index in [1.165, 1.54) is 19.3 Å². The fourth-order valence-corrected chi connectivity index (χ4v) is 1.00. The van der Waals surface area contributed by atoms with Crippen molar-refractivity contribution in [1.29, 1.82) is 0 Å². The van der Waals surface area contributed by atoms with Crippen molar-refractivity contribution in [2.24, 2.45) is 5.92 Å². The fourth-order valence-electron chi connectivity index (χ4n) is 1.00. The van der Waals surface area contributed by atoms with Gasteiger partial charge in [0.25, 0.3) is 0 Å². The van der Waals surface area contributed by atoms with Crippen LogP contribution in [0.1, 0.15) is 46.0 Å². The first kappa shape index (κ1) is 14.5. The van der Waals surface area contributed by atoms with Gasteiger partial charge in [-0.05, 0) is 6.42 Å². The van der Waals surface area contributed by atoms with E-state index in [1.807, 2.05) is 0 Å². The summed E-state index contributed by atoms with van der Waals surface area (Å²) in [6.07, 6.45) is 5.50. The van der Waals surface area contributed by atoms with E-state index in [-0.39, 0.29) is 23.0 Å². The molecule has 0 aromatic rings. The molecule has 0 fully saturated rings. The largest absolute Gasteiger partial charge is 0.481 e. The summed E-state index contributed by atoms with van der Waals surface area (Å²) in [6, 6.07) is 0. The van der Waals surface area contributed by atoms with Crippen LogP contribution in [0.3, 0.4) is 0 Å². The number of aliphatic carboxylic acids is 1. The molecule has 0 spiro atoms. The van der Waals surface area contributed by atoms with Gasteiger partial charge in [0.15, 0.2) is 0 Å². The summed E-state index contributed by atoms with van der Waals surface area (Å²) >= 11 is 0. The summed E-state index contributed by atoms with van der Waals surface area (Å²) < 4.78 is 0. The van der Waals surface area contributed by atoms with Crippen LogP contribution in [0.25, 0.3) is 0 Å². The molecule has 12 heavy (non-hydrogen) atoms. The smallest absolute Gasteiger partial charge is 0.306 e. The van der Waals surface area contributed by atoms with Crippen molar-refractivity contribution in [1.82, 2.24) is 0 Å². The fraction of sp³-hybridized carbons (Fsp3) is 0.889. The Hall–Kier alpha value is -0.0105. The SMILES string of the molecule is CCCCCCC(C)C(=O)O.[Cu]. The molecule has 0 amide bonds. The van der Waals surface area contributed by atoms with Crippen molar-refractivity contribution in [3.8, 4) is 0 Å². The molecular formula is C9H18CuO2. The van der Waals surface area contributed by atoms with Crippen molar-refractivity contribution in [2.45, 2.75) is 46.0 Å². The summed E-state index contributed by atoms with van der Waals surface area (Å²) in [5, 5.41) is 8.54. The molecule has 0 rings (SSSR count). The van der Waals surface area contributed by atoms with Crippen LogP contribution < -0.4 is 0 Å². The van der Waals surface area contributed by atoms with Gasteiger partial charge in [-0.2, -0.15) is 0 Å². The van der Waals surface area contributed by atoms with Gasteiger partial charge in [-0.15, -0.1) is 0 Å². The van der Waals surface area contributed by atoms with E-state index >= 15 is 0 Å². The van der Waals surface area contributed by atoms with Crippen LogP contribution in [0.15, 0.2) is 0 Å². The Morgan fingerprint density at radius 1 is 1.33 bits per heavy atom. The minimum Gasteiger partial charge on any atom is -0.481 e. The van der Waals surface area contributed by atoms with Crippen LogP contribution >= 0.6 is 0 Å². The van der Waals surface area contributed by atoms with Crippen molar-refractivity contribution >= 4 is 5.97 Å². The van der Waals surface area contributed by atoms with Gasteiger partial charge in [0, 0.05) is 17.1 Å². The number of hydrogen-bond acceptors (Lipinski definition) is 1. The van der Waals surface area contributed by atoms with Crippen molar-refractivity contribution < 1.29 is 27.0 Å². The first-order valence-corrected chi connectivity index (χ1v) is 4.41. The monoisotopic (exact) mass is 221 g/mol. The second-order valence-corrected chi connectivity index (χ2v) is 3.09. The minimum atomic E-state index is -0.665. The molecule has 0 saturated heterocycles. The van der Waals surface area contributed by atoms with Crippen LogP contribution in [0.5, 0.6) is 0 Å². The van der Waals surface area contributed by atoms with Gasteiger partial charge in [-0.25, -0.2) is 0 Å². The quantitative estimate of drug-likeness (QED) is 0.553. The molecule has 0 heterocycles. The van der Waals surface area contributed by atoms with E-state index < -0.39 is 5.97 Å². The second kappa shape index (κ2) is 9.08. The van der Waals surface area contributed by atoms with Crippen LogP contribution in [-0.2, 0) is 21.9 Å². The molecule has 0 aliphatic carbocycles. The van der Waals surface area contributed by atoms with Crippen molar-refractivity contribution in [2.75, 3.05) is 0 Å². The van der Waals surface area contributed by atoms with E-state index in [2.05, 4.69) is 6.92 Å². The minimum absolute atomic E-state index is 0. The van der Waals surface area contributed by atoms with Crippen molar-refractivity contribution in [3.05, 3.63) is 0 Å². The Labute approximate surface area is 85.2 Å². The van der Waals surface area contributed by atoms with Crippen LogP contribution in [0, 0.1) is 5.92 Å². The molecule has 2 nitrogen and oxygen atoms in total. The molecule has 77 valence electrons. The van der Waals surface area contributed by atoms with Gasteiger partial charge in [-0.3, -0.25) is 4.79 Å². The number of hydrogen-bond donors (Lipinski definition) is 1. The van der Waals surface area contributed by atoms with Crippen LogP contribution in [0.2, 0.25) is 0 Å². The summed E-state index contributed by atoms with van der Waals surface area (Å²) in [5.41, 5.74) is 0. The number of carbonyl (C=O) groups is 1. The van der Waals surface area contributed by atoms with Gasteiger partial charge in [0.2, 0.25) is 0 Å². The Bertz CT molecular complexity index is 115. The average molecular weight is 222 g/mol. The molecule has 1 radical (unpaired) electrons. The maximum absolute atomic E-state index is 10.4. The van der Waals surface area contributed by atoms with E-state index in [0.29, 0.717) is 0 Å². The normalized spacial score (nSPS) is 11.8. The molecule has 0 aromatic carbocycles. The molecule has 1 atom stereocenters. The van der Waals surface area contributed by atoms with Crippen molar-refractivity contribution in [3.63, 3.8) is 0 Å². The molecular weight excluding hydrogens is 204 g/mol. The number of carboxylic acids is 1. The van der Waals surface area contributed by atoms with E-state index in [9.17, 15) is 4.79 Å². The standard InChI is InChI=1S/C9H18O2.Cu/c1-3-4-5-6-7-8(2)9(10)11;/h8H,3-7H2,1-2H3,(H,10,11);. The maximum atomic E-state index is 10.4. The topological polar surface area (TPSA) is 37.3 Å². The third-order valence-electron chi connectivity index (χ3n) is 1.91. The number of unbranched alkanes of at least 4 members (excludes halogenated alkanes) is 3. The molecule has 0 bridgehead atoms. The predicted molar refractivity (Wildman–Crippen MR) is 45.6 cm³/mol. The first-order valence-electron chi connectivity index (χ1n) is 4.41. The zero-order valence-electron chi connectivity index (χ0n) is 7.77. The summed E-state index contributed by atoms with van der Waals surface area (Å²) in [5.74, 6) is -0.826. The third kappa shape index (κ3) is 8.09. The maximum Gasteiger partial charge on any atom is 0.306 e. The molecule has 0 aliphatic rings. The summed E-state index contributed by atoms with van der Waals surface area (Å²) in [7, 11) is 0. The van der Waals surface area contributed by atoms with Gasteiger partial charge < -0.3 is 5.11 Å². The Morgan fingerprint density at radius 2 is 1.92 bits per heavy atom. The average Bonchev–Trinajstić information content (AvgIpc) is 1.97. The summed E-state index contributed by atoms with van der Waals surface area (Å²) in [4.78, 5) is 10.4. The van der Waals surface area contributed by atoms with Gasteiger partial charge in [-0.1, -0.05) is 39.5 Å². The van der Waals surface area contributed by atoms with Crippen LogP contribution in [0.4, 0.5) is 0 Å². The molecule has 1 N–H and O–H groups in total. The van der Waals surface area contributed by atoms with E-state index in [4.69, 9.17) is 5.11 Å². The molecule has 0 aromatic heterocycles. The molecule has 3 heteroatoms. The zero-order chi connectivity index (χ0) is 8.69. The molecule has 1 unspecified atom stereocenters. The Balaban J connectivity index is 0.